The predicted octanol–water partition coefficient (Wildman–Crippen LogP) is 4.32. The van der Waals surface area contributed by atoms with Crippen LogP contribution in [-0.2, 0) is 21.5 Å². The Kier molecular flexibility index (Phi) is 5.89. The third-order valence-electron chi connectivity index (χ3n) is 4.92. The second-order valence-electron chi connectivity index (χ2n) is 6.78. The van der Waals surface area contributed by atoms with Gasteiger partial charge in [0.1, 0.15) is 0 Å². The highest BCUT2D eigenvalue weighted by Gasteiger charge is 2.36. The van der Waals surface area contributed by atoms with Crippen molar-refractivity contribution in [2.24, 2.45) is 0 Å². The van der Waals surface area contributed by atoms with Crippen LogP contribution in [-0.4, -0.2) is 29.3 Å². The summed E-state index contributed by atoms with van der Waals surface area (Å²) in [7, 11) is 0. The number of benzene rings is 1. The molecule has 1 saturated heterocycles. The molecule has 0 unspecified atom stereocenters. The van der Waals surface area contributed by atoms with Crippen LogP contribution >= 0.6 is 27.3 Å². The number of nitrogens with zero attached hydrogens (tertiary/aromatic N) is 2. The van der Waals surface area contributed by atoms with Gasteiger partial charge >= 0.3 is 0 Å². The summed E-state index contributed by atoms with van der Waals surface area (Å²) in [4.78, 5) is 17.1. The average molecular weight is 462 g/mol. The molecule has 8 heteroatoms. The number of halogens is 1. The van der Waals surface area contributed by atoms with Gasteiger partial charge in [0.05, 0.1) is 5.54 Å². The zero-order chi connectivity index (χ0) is 19.4. The molecule has 1 amide bonds. The van der Waals surface area contributed by atoms with E-state index in [0.29, 0.717) is 37.8 Å². The van der Waals surface area contributed by atoms with Gasteiger partial charge in [-0.05, 0) is 42.0 Å². The lowest BCUT2D eigenvalue weighted by molar-refractivity contribution is -0.124. The molecule has 1 fully saturated rings. The summed E-state index contributed by atoms with van der Waals surface area (Å²) in [5.41, 5.74) is 1.62. The van der Waals surface area contributed by atoms with Gasteiger partial charge in [-0.25, -0.2) is 0 Å². The lowest BCUT2D eigenvalue weighted by Gasteiger charge is -2.38. The molecule has 6 nitrogen and oxygen atoms in total. The standard InChI is InChI=1S/C20H20BrN3O3S/c21-16-3-1-2-15(12-16)20(7-9-26-10-8-20)23-17(25)4-5-18-22-19(24-27-18)14-6-11-28-13-14/h1-3,6,11-13H,4-5,7-10H2,(H,23,25). The first-order valence-electron chi connectivity index (χ1n) is 9.15. The van der Waals surface area contributed by atoms with Crippen LogP contribution in [0.15, 0.2) is 50.1 Å². The first-order chi connectivity index (χ1) is 13.6. The van der Waals surface area contributed by atoms with Crippen molar-refractivity contribution in [3.8, 4) is 11.4 Å². The highest BCUT2D eigenvalue weighted by atomic mass is 79.9. The maximum Gasteiger partial charge on any atom is 0.227 e. The Labute approximate surface area is 175 Å². The van der Waals surface area contributed by atoms with Gasteiger partial charge in [0.2, 0.25) is 17.6 Å². The molecule has 1 aliphatic rings. The monoisotopic (exact) mass is 461 g/mol. The first-order valence-corrected chi connectivity index (χ1v) is 10.9. The van der Waals surface area contributed by atoms with E-state index in [0.717, 1.165) is 28.4 Å². The second kappa shape index (κ2) is 8.55. The maximum atomic E-state index is 12.7. The summed E-state index contributed by atoms with van der Waals surface area (Å²) in [6.07, 6.45) is 2.20. The quantitative estimate of drug-likeness (QED) is 0.591. The zero-order valence-corrected chi connectivity index (χ0v) is 17.6. The van der Waals surface area contributed by atoms with Crippen LogP contribution in [0.3, 0.4) is 0 Å². The van der Waals surface area contributed by atoms with Crippen molar-refractivity contribution in [2.45, 2.75) is 31.2 Å². The molecule has 0 spiro atoms. The van der Waals surface area contributed by atoms with Crippen molar-refractivity contribution in [2.75, 3.05) is 13.2 Å². The van der Waals surface area contributed by atoms with E-state index < -0.39 is 5.54 Å². The molecular weight excluding hydrogens is 442 g/mol. The molecule has 0 saturated carbocycles. The SMILES string of the molecule is O=C(CCc1nc(-c2ccsc2)no1)NC1(c2cccc(Br)c2)CCOCC1. The Bertz CT molecular complexity index is 936. The molecule has 4 rings (SSSR count). The smallest absolute Gasteiger partial charge is 0.227 e. The van der Waals surface area contributed by atoms with Crippen molar-refractivity contribution in [3.63, 3.8) is 0 Å². The fourth-order valence-electron chi connectivity index (χ4n) is 3.41. The van der Waals surface area contributed by atoms with Crippen molar-refractivity contribution < 1.29 is 14.1 Å². The van der Waals surface area contributed by atoms with Crippen LogP contribution in [0.25, 0.3) is 11.4 Å². The molecule has 3 aromatic rings. The molecule has 2 aromatic heterocycles. The highest BCUT2D eigenvalue weighted by Crippen LogP contribution is 2.33. The van der Waals surface area contributed by atoms with E-state index in [-0.39, 0.29) is 5.91 Å². The van der Waals surface area contributed by atoms with Crippen LogP contribution in [0.5, 0.6) is 0 Å². The number of rotatable bonds is 6. The van der Waals surface area contributed by atoms with E-state index in [1.54, 1.807) is 11.3 Å². The lowest BCUT2D eigenvalue weighted by atomic mass is 9.82. The maximum absolute atomic E-state index is 12.7. The summed E-state index contributed by atoms with van der Waals surface area (Å²) in [6, 6.07) is 10.0. The molecule has 1 N–H and O–H groups in total. The molecule has 0 aliphatic carbocycles. The summed E-state index contributed by atoms with van der Waals surface area (Å²) in [6.45, 7) is 1.25. The normalized spacial score (nSPS) is 16.0. The molecule has 1 aromatic carbocycles. The largest absolute Gasteiger partial charge is 0.381 e. The van der Waals surface area contributed by atoms with Gasteiger partial charge in [-0.3, -0.25) is 4.79 Å². The van der Waals surface area contributed by atoms with E-state index >= 15 is 0 Å². The Morgan fingerprint density at radius 1 is 1.29 bits per heavy atom. The van der Waals surface area contributed by atoms with Gasteiger partial charge in [0.25, 0.3) is 0 Å². The van der Waals surface area contributed by atoms with Crippen molar-refractivity contribution in [1.82, 2.24) is 15.5 Å². The highest BCUT2D eigenvalue weighted by molar-refractivity contribution is 9.10. The summed E-state index contributed by atoms with van der Waals surface area (Å²) in [5, 5.41) is 11.2. The minimum atomic E-state index is -0.407. The summed E-state index contributed by atoms with van der Waals surface area (Å²) >= 11 is 5.11. The molecule has 28 heavy (non-hydrogen) atoms. The molecule has 1 aliphatic heterocycles. The fourth-order valence-corrected chi connectivity index (χ4v) is 4.44. The van der Waals surface area contributed by atoms with Crippen LogP contribution < -0.4 is 5.32 Å². The minimum absolute atomic E-state index is 0.0304. The van der Waals surface area contributed by atoms with Gasteiger partial charge in [-0.2, -0.15) is 16.3 Å². The minimum Gasteiger partial charge on any atom is -0.381 e. The van der Waals surface area contributed by atoms with Gasteiger partial charge in [-0.1, -0.05) is 33.2 Å². The molecular formula is C20H20BrN3O3S. The average Bonchev–Trinajstić information content (AvgIpc) is 3.39. The fraction of sp³-hybridized carbons (Fsp3) is 0.350. The first kappa shape index (κ1) is 19.3. The Morgan fingerprint density at radius 2 is 2.14 bits per heavy atom. The number of nitrogens with one attached hydrogen (secondary N) is 1. The molecule has 146 valence electrons. The third-order valence-corrected chi connectivity index (χ3v) is 6.09. The molecule has 0 bridgehead atoms. The number of carbonyl (C=O) groups excluding carboxylic acids is 1. The summed E-state index contributed by atoms with van der Waals surface area (Å²) in [5.74, 6) is 1.00. The Balaban J connectivity index is 1.42. The van der Waals surface area contributed by atoms with Crippen LogP contribution in [0, 0.1) is 0 Å². The topological polar surface area (TPSA) is 77.2 Å². The lowest BCUT2D eigenvalue weighted by Crippen LogP contribution is -2.49. The van der Waals surface area contributed by atoms with E-state index in [2.05, 4.69) is 43.5 Å². The Morgan fingerprint density at radius 3 is 2.89 bits per heavy atom. The number of thiophene rings is 1. The number of ether oxygens (including phenoxy) is 1. The number of aromatic nitrogens is 2. The number of hydrogen-bond acceptors (Lipinski definition) is 6. The predicted molar refractivity (Wildman–Crippen MR) is 110 cm³/mol. The molecule has 3 heterocycles. The Hall–Kier alpha value is -2.03. The van der Waals surface area contributed by atoms with E-state index in [1.807, 2.05) is 29.0 Å². The molecule has 0 atom stereocenters. The van der Waals surface area contributed by atoms with E-state index in [4.69, 9.17) is 9.26 Å². The number of amides is 1. The number of hydrogen-bond donors (Lipinski definition) is 1. The third kappa shape index (κ3) is 4.34. The van der Waals surface area contributed by atoms with Crippen molar-refractivity contribution in [1.29, 1.82) is 0 Å². The van der Waals surface area contributed by atoms with Crippen LogP contribution in [0.4, 0.5) is 0 Å². The van der Waals surface area contributed by atoms with Gasteiger partial charge in [0.15, 0.2) is 0 Å². The summed E-state index contributed by atoms with van der Waals surface area (Å²) < 4.78 is 11.8. The van der Waals surface area contributed by atoms with E-state index in [1.165, 1.54) is 0 Å². The van der Waals surface area contributed by atoms with Crippen molar-refractivity contribution in [3.05, 3.63) is 57.0 Å². The van der Waals surface area contributed by atoms with Crippen LogP contribution in [0.1, 0.15) is 30.7 Å². The number of carbonyl (C=O) groups is 1. The second-order valence-corrected chi connectivity index (χ2v) is 8.47. The van der Waals surface area contributed by atoms with Crippen LogP contribution in [0.2, 0.25) is 0 Å². The zero-order valence-electron chi connectivity index (χ0n) is 15.2. The number of aryl methyl sites for hydroxylation is 1. The van der Waals surface area contributed by atoms with Crippen molar-refractivity contribution >= 4 is 33.2 Å². The van der Waals surface area contributed by atoms with Gasteiger partial charge in [-0.15, -0.1) is 0 Å². The molecule has 0 radical (unpaired) electrons. The van der Waals surface area contributed by atoms with Gasteiger partial charge in [0, 0.05) is 41.5 Å². The van der Waals surface area contributed by atoms with Gasteiger partial charge < -0.3 is 14.6 Å². The van der Waals surface area contributed by atoms with E-state index in [9.17, 15) is 4.79 Å².